The second-order valence-electron chi connectivity index (χ2n) is 7.53. The molecular weight excluding hydrogens is 446 g/mol. The number of methoxy groups -OCH3 is 1. The van der Waals surface area contributed by atoms with Crippen LogP contribution in [0.2, 0.25) is 0 Å². The van der Waals surface area contributed by atoms with Crippen molar-refractivity contribution in [3.8, 4) is 5.75 Å². The molecule has 1 saturated heterocycles. The molecule has 1 aromatic carbocycles. The number of carbonyl (C=O) groups excluding carboxylic acids is 4. The summed E-state index contributed by atoms with van der Waals surface area (Å²) >= 11 is 1.37. The van der Waals surface area contributed by atoms with Gasteiger partial charge in [0.15, 0.2) is 5.92 Å². The van der Waals surface area contributed by atoms with Crippen molar-refractivity contribution in [1.82, 2.24) is 5.32 Å². The third-order valence-electron chi connectivity index (χ3n) is 5.51. The maximum absolute atomic E-state index is 13.1. The third kappa shape index (κ3) is 4.38. The monoisotopic (exact) mass is 469 g/mol. The van der Waals surface area contributed by atoms with E-state index in [9.17, 15) is 19.2 Å². The van der Waals surface area contributed by atoms with E-state index in [0.717, 1.165) is 41.0 Å². The SMILES string of the molecule is CCOC(=O)c1c(N=C[C@@H]2C(=O)NC(=O)N(c3ccc(OC)cc3)C2=O)sc2c1CCCC2. The number of thiophene rings is 1. The number of hydrogen-bond acceptors (Lipinski definition) is 8. The molecule has 2 heterocycles. The lowest BCUT2D eigenvalue weighted by Crippen LogP contribution is -2.58. The van der Waals surface area contributed by atoms with Crippen molar-refractivity contribution in [2.24, 2.45) is 10.9 Å². The first-order valence-corrected chi connectivity index (χ1v) is 11.4. The first-order chi connectivity index (χ1) is 15.9. The number of benzene rings is 1. The molecule has 1 fully saturated rings. The first-order valence-electron chi connectivity index (χ1n) is 10.6. The summed E-state index contributed by atoms with van der Waals surface area (Å²) in [5.41, 5.74) is 1.63. The zero-order valence-corrected chi connectivity index (χ0v) is 19.1. The van der Waals surface area contributed by atoms with Gasteiger partial charge < -0.3 is 9.47 Å². The van der Waals surface area contributed by atoms with E-state index in [1.165, 1.54) is 24.7 Å². The van der Waals surface area contributed by atoms with Crippen molar-refractivity contribution in [1.29, 1.82) is 0 Å². The number of nitrogens with one attached hydrogen (secondary N) is 1. The fraction of sp³-hybridized carbons (Fsp3) is 0.348. The molecule has 1 N–H and O–H groups in total. The Bertz CT molecular complexity index is 1140. The number of esters is 1. The van der Waals surface area contributed by atoms with Gasteiger partial charge in [-0.15, -0.1) is 11.3 Å². The number of carbonyl (C=O) groups is 4. The van der Waals surface area contributed by atoms with Gasteiger partial charge in [0, 0.05) is 11.1 Å². The molecule has 4 rings (SSSR count). The van der Waals surface area contributed by atoms with Crippen LogP contribution in [-0.4, -0.2) is 43.7 Å². The number of rotatable bonds is 6. The van der Waals surface area contributed by atoms with Crippen LogP contribution < -0.4 is 15.0 Å². The Morgan fingerprint density at radius 3 is 2.64 bits per heavy atom. The molecule has 9 nitrogen and oxygen atoms in total. The van der Waals surface area contributed by atoms with Crippen LogP contribution in [0.15, 0.2) is 29.3 Å². The van der Waals surface area contributed by atoms with E-state index in [4.69, 9.17) is 9.47 Å². The molecule has 2 aromatic rings. The number of urea groups is 1. The maximum Gasteiger partial charge on any atom is 0.341 e. The lowest BCUT2D eigenvalue weighted by Gasteiger charge is -2.28. The summed E-state index contributed by atoms with van der Waals surface area (Å²) in [6, 6.07) is 5.48. The number of barbiturate groups is 1. The number of imide groups is 2. The predicted molar refractivity (Wildman–Crippen MR) is 123 cm³/mol. The smallest absolute Gasteiger partial charge is 0.341 e. The molecule has 1 aromatic heterocycles. The van der Waals surface area contributed by atoms with E-state index < -0.39 is 29.7 Å². The van der Waals surface area contributed by atoms with Crippen molar-refractivity contribution in [2.45, 2.75) is 32.6 Å². The van der Waals surface area contributed by atoms with Crippen LogP contribution in [0.4, 0.5) is 15.5 Å². The average molecular weight is 470 g/mol. The summed E-state index contributed by atoms with van der Waals surface area (Å²) in [6.45, 7) is 1.96. The second kappa shape index (κ2) is 9.53. The summed E-state index contributed by atoms with van der Waals surface area (Å²) in [5.74, 6) is -2.71. The molecule has 0 saturated carbocycles. The highest BCUT2D eigenvalue weighted by Crippen LogP contribution is 2.40. The predicted octanol–water partition coefficient (Wildman–Crippen LogP) is 3.41. The fourth-order valence-corrected chi connectivity index (χ4v) is 5.13. The molecular formula is C23H23N3O6S. The van der Waals surface area contributed by atoms with Crippen molar-refractivity contribution in [2.75, 3.05) is 18.6 Å². The Labute approximate surface area is 194 Å². The first kappa shape index (κ1) is 22.7. The fourth-order valence-electron chi connectivity index (χ4n) is 3.90. The zero-order chi connectivity index (χ0) is 23.5. The molecule has 1 aliphatic carbocycles. The van der Waals surface area contributed by atoms with Crippen LogP contribution in [0.1, 0.15) is 40.6 Å². The molecule has 0 bridgehead atoms. The number of ether oxygens (including phenoxy) is 2. The number of aliphatic imine (C=N–C) groups is 1. The van der Waals surface area contributed by atoms with Gasteiger partial charge in [-0.25, -0.2) is 19.5 Å². The van der Waals surface area contributed by atoms with E-state index in [0.29, 0.717) is 22.0 Å². The van der Waals surface area contributed by atoms with Gasteiger partial charge in [0.2, 0.25) is 5.91 Å². The molecule has 1 atom stereocenters. The van der Waals surface area contributed by atoms with Gasteiger partial charge >= 0.3 is 12.0 Å². The van der Waals surface area contributed by atoms with Gasteiger partial charge in [-0.1, -0.05) is 0 Å². The Kier molecular flexibility index (Phi) is 6.55. The average Bonchev–Trinajstić information content (AvgIpc) is 3.17. The highest BCUT2D eigenvalue weighted by Gasteiger charge is 2.40. The minimum absolute atomic E-state index is 0.231. The van der Waals surface area contributed by atoms with Gasteiger partial charge in [-0.3, -0.25) is 14.9 Å². The molecule has 0 spiro atoms. The second-order valence-corrected chi connectivity index (χ2v) is 8.62. The number of anilines is 1. The summed E-state index contributed by atoms with van der Waals surface area (Å²) in [7, 11) is 1.51. The number of hydrogen-bond donors (Lipinski definition) is 1. The van der Waals surface area contributed by atoms with Crippen molar-refractivity contribution < 1.29 is 28.7 Å². The summed E-state index contributed by atoms with van der Waals surface area (Å²) < 4.78 is 10.3. The van der Waals surface area contributed by atoms with Gasteiger partial charge in [0.1, 0.15) is 10.8 Å². The Hall–Kier alpha value is -3.53. The molecule has 0 radical (unpaired) electrons. The van der Waals surface area contributed by atoms with Gasteiger partial charge in [0.25, 0.3) is 5.91 Å². The largest absolute Gasteiger partial charge is 0.497 e. The number of amides is 4. The molecule has 10 heteroatoms. The molecule has 1 aliphatic heterocycles. The van der Waals surface area contributed by atoms with Crippen molar-refractivity contribution in [3.63, 3.8) is 0 Å². The number of fused-ring (bicyclic) bond motifs is 1. The normalized spacial score (nSPS) is 18.3. The van der Waals surface area contributed by atoms with Crippen molar-refractivity contribution >= 4 is 52.1 Å². The number of nitrogens with zero attached hydrogens (tertiary/aromatic N) is 2. The van der Waals surface area contributed by atoms with E-state index >= 15 is 0 Å². The summed E-state index contributed by atoms with van der Waals surface area (Å²) in [4.78, 5) is 56.8. The summed E-state index contributed by atoms with van der Waals surface area (Å²) in [6.07, 6.45) is 4.81. The highest BCUT2D eigenvalue weighted by atomic mass is 32.1. The van der Waals surface area contributed by atoms with E-state index in [-0.39, 0.29) is 6.61 Å². The van der Waals surface area contributed by atoms with Crippen LogP contribution in [0.5, 0.6) is 5.75 Å². The van der Waals surface area contributed by atoms with Crippen LogP contribution in [0.3, 0.4) is 0 Å². The molecule has 172 valence electrons. The lowest BCUT2D eigenvalue weighted by atomic mass is 9.95. The molecule has 0 unspecified atom stereocenters. The Morgan fingerprint density at radius 1 is 1.21 bits per heavy atom. The third-order valence-corrected chi connectivity index (χ3v) is 6.71. The minimum Gasteiger partial charge on any atom is -0.497 e. The van der Waals surface area contributed by atoms with Gasteiger partial charge in [0.05, 0.1) is 25.0 Å². The van der Waals surface area contributed by atoms with Gasteiger partial charge in [-0.05, 0) is 62.4 Å². The molecule has 2 aliphatic rings. The Morgan fingerprint density at radius 2 is 1.94 bits per heavy atom. The standard InChI is InChI=1S/C23H23N3O6S/c1-3-32-22(29)18-15-6-4-5-7-17(15)33-20(18)24-12-16-19(27)25-23(30)26(21(16)28)13-8-10-14(31-2)11-9-13/h8-12,16H,3-7H2,1-2H3,(H,25,27,30)/t16-/m1/s1. The van der Waals surface area contributed by atoms with Crippen LogP contribution in [0.25, 0.3) is 0 Å². The zero-order valence-electron chi connectivity index (χ0n) is 18.3. The van der Waals surface area contributed by atoms with Gasteiger partial charge in [-0.2, -0.15) is 0 Å². The topological polar surface area (TPSA) is 114 Å². The quantitative estimate of drug-likeness (QED) is 0.394. The van der Waals surface area contributed by atoms with Crippen molar-refractivity contribution in [3.05, 3.63) is 40.3 Å². The Balaban J connectivity index is 1.65. The summed E-state index contributed by atoms with van der Waals surface area (Å²) in [5, 5.41) is 2.61. The number of aryl methyl sites for hydroxylation is 1. The maximum atomic E-state index is 13.1. The highest BCUT2D eigenvalue weighted by molar-refractivity contribution is 7.16. The van der Waals surface area contributed by atoms with Crippen LogP contribution >= 0.6 is 11.3 Å². The molecule has 33 heavy (non-hydrogen) atoms. The van der Waals surface area contributed by atoms with Crippen LogP contribution in [0, 0.1) is 5.92 Å². The lowest BCUT2D eigenvalue weighted by molar-refractivity contribution is -0.131. The molecule has 4 amide bonds. The minimum atomic E-state index is -1.32. The van der Waals surface area contributed by atoms with E-state index in [1.54, 1.807) is 31.2 Å². The van der Waals surface area contributed by atoms with E-state index in [1.807, 2.05) is 0 Å². The van der Waals surface area contributed by atoms with E-state index in [2.05, 4.69) is 10.3 Å². The van der Waals surface area contributed by atoms with Crippen LogP contribution in [-0.2, 0) is 27.2 Å².